The Labute approximate surface area is 133 Å². The van der Waals surface area contributed by atoms with E-state index < -0.39 is 37.3 Å². The zero-order valence-electron chi connectivity index (χ0n) is 12.7. The first-order chi connectivity index (χ1) is 11.1. The van der Waals surface area contributed by atoms with Gasteiger partial charge in [-0.05, 0) is 24.1 Å². The number of nitrogens with one attached hydrogen (secondary N) is 1. The van der Waals surface area contributed by atoms with E-state index in [2.05, 4.69) is 4.98 Å². The molecule has 5 unspecified atom stereocenters. The third kappa shape index (κ3) is 2.82. The predicted molar refractivity (Wildman–Crippen MR) is 82.1 cm³/mol. The molecule has 3 rings (SSSR count). The molecule has 0 aliphatic carbocycles. The highest BCUT2D eigenvalue weighted by molar-refractivity contribution is 5.89. The van der Waals surface area contributed by atoms with Gasteiger partial charge in [0, 0.05) is 17.1 Å². The van der Waals surface area contributed by atoms with Crippen molar-refractivity contribution in [1.29, 1.82) is 0 Å². The Bertz CT molecular complexity index is 670. The second kappa shape index (κ2) is 6.46. The number of benzene rings is 1. The molecule has 23 heavy (non-hydrogen) atoms. The van der Waals surface area contributed by atoms with E-state index >= 15 is 0 Å². The molecule has 5 atom stereocenters. The maximum Gasteiger partial charge on any atom is 0.229 e. The number of hydrogen-bond acceptors (Lipinski definition) is 6. The van der Waals surface area contributed by atoms with Gasteiger partial charge >= 0.3 is 0 Å². The molecule has 5 N–H and O–H groups in total. The normalized spacial score (nSPS) is 31.4. The monoisotopic (exact) mass is 323 g/mol. The first-order valence-electron chi connectivity index (χ1n) is 7.63. The first kappa shape index (κ1) is 16.2. The number of ether oxygens (including phenoxy) is 2. The van der Waals surface area contributed by atoms with Crippen LogP contribution in [0.25, 0.3) is 10.9 Å². The van der Waals surface area contributed by atoms with E-state index in [1.165, 1.54) is 0 Å². The van der Waals surface area contributed by atoms with Crippen LogP contribution in [0.3, 0.4) is 0 Å². The first-order valence-corrected chi connectivity index (χ1v) is 7.63. The van der Waals surface area contributed by atoms with Gasteiger partial charge in [0.2, 0.25) is 6.29 Å². The lowest BCUT2D eigenvalue weighted by atomic mass is 9.99. The number of rotatable bonds is 4. The number of aliphatic hydroxyl groups is 4. The van der Waals surface area contributed by atoms with Crippen molar-refractivity contribution in [2.24, 2.45) is 0 Å². The molecule has 0 saturated carbocycles. The maximum atomic E-state index is 10.1. The molecule has 126 valence electrons. The van der Waals surface area contributed by atoms with Crippen molar-refractivity contribution in [3.05, 3.63) is 30.0 Å². The van der Waals surface area contributed by atoms with Crippen LogP contribution >= 0.6 is 0 Å². The number of aromatic nitrogens is 1. The van der Waals surface area contributed by atoms with Crippen molar-refractivity contribution in [1.82, 2.24) is 4.98 Å². The maximum absolute atomic E-state index is 10.1. The van der Waals surface area contributed by atoms with Crippen LogP contribution in [0.4, 0.5) is 0 Å². The molecule has 0 spiro atoms. The Morgan fingerprint density at radius 3 is 2.65 bits per heavy atom. The third-order valence-electron chi connectivity index (χ3n) is 4.22. The number of aromatic amines is 1. The van der Waals surface area contributed by atoms with Gasteiger partial charge in [0.15, 0.2) is 0 Å². The third-order valence-corrected chi connectivity index (χ3v) is 4.22. The van der Waals surface area contributed by atoms with Gasteiger partial charge in [-0.3, -0.25) is 0 Å². The van der Waals surface area contributed by atoms with Crippen LogP contribution in [0, 0.1) is 0 Å². The van der Waals surface area contributed by atoms with E-state index in [9.17, 15) is 20.4 Å². The summed E-state index contributed by atoms with van der Waals surface area (Å²) in [6.07, 6.45) is -3.76. The van der Waals surface area contributed by atoms with Gasteiger partial charge in [-0.15, -0.1) is 0 Å². The predicted octanol–water partition coefficient (Wildman–Crippen LogP) is -0.0910. The number of H-pyrrole nitrogens is 1. The average molecular weight is 323 g/mol. The second-order valence-corrected chi connectivity index (χ2v) is 5.66. The molecule has 0 amide bonds. The van der Waals surface area contributed by atoms with E-state index in [0.29, 0.717) is 5.75 Å². The summed E-state index contributed by atoms with van der Waals surface area (Å²) >= 11 is 0. The highest BCUT2D eigenvalue weighted by Crippen LogP contribution is 2.32. The molecule has 1 aromatic carbocycles. The fourth-order valence-electron chi connectivity index (χ4n) is 2.89. The van der Waals surface area contributed by atoms with Crippen molar-refractivity contribution in [3.63, 3.8) is 0 Å². The molecule has 2 heterocycles. The molecule has 7 heteroatoms. The Balaban J connectivity index is 1.90. The van der Waals surface area contributed by atoms with Crippen LogP contribution in [0.1, 0.15) is 12.5 Å². The average Bonchev–Trinajstić information content (AvgIpc) is 2.99. The van der Waals surface area contributed by atoms with Gasteiger partial charge in [-0.25, -0.2) is 0 Å². The van der Waals surface area contributed by atoms with Gasteiger partial charge in [-0.2, -0.15) is 0 Å². The summed E-state index contributed by atoms with van der Waals surface area (Å²) < 4.78 is 11.1. The molecule has 2 aromatic rings. The van der Waals surface area contributed by atoms with Crippen LogP contribution in [-0.2, 0) is 11.2 Å². The number of aryl methyl sites for hydroxylation is 1. The van der Waals surface area contributed by atoms with E-state index in [-0.39, 0.29) is 0 Å². The minimum absolute atomic E-state index is 0.487. The van der Waals surface area contributed by atoms with E-state index in [1.807, 2.05) is 19.2 Å². The summed E-state index contributed by atoms with van der Waals surface area (Å²) in [7, 11) is 0. The van der Waals surface area contributed by atoms with Gasteiger partial charge in [0.25, 0.3) is 0 Å². The molecular weight excluding hydrogens is 302 g/mol. The number of aliphatic hydroxyl groups excluding tert-OH is 4. The van der Waals surface area contributed by atoms with Crippen LogP contribution in [0.5, 0.6) is 5.75 Å². The van der Waals surface area contributed by atoms with Crippen LogP contribution < -0.4 is 4.74 Å². The van der Waals surface area contributed by atoms with Crippen LogP contribution in [0.15, 0.2) is 24.4 Å². The standard InChI is InChI=1S/C16H21NO6/c1-2-8-6-17-9-4-3-5-10(12(8)9)22-16-15(21)14(20)13(19)11(7-18)23-16/h3-6,11,13-21H,2,7H2,1H3. The van der Waals surface area contributed by atoms with E-state index in [1.54, 1.807) is 12.1 Å². The van der Waals surface area contributed by atoms with Gasteiger partial charge in [0.05, 0.1) is 6.61 Å². The summed E-state index contributed by atoms with van der Waals surface area (Å²) in [6.45, 7) is 1.53. The smallest absolute Gasteiger partial charge is 0.229 e. The number of hydrogen-bond donors (Lipinski definition) is 5. The highest BCUT2D eigenvalue weighted by atomic mass is 16.7. The Morgan fingerprint density at radius 2 is 1.96 bits per heavy atom. The van der Waals surface area contributed by atoms with Gasteiger partial charge in [-0.1, -0.05) is 13.0 Å². The molecule has 1 aliphatic heterocycles. The molecule has 0 bridgehead atoms. The molecule has 1 fully saturated rings. The lowest BCUT2D eigenvalue weighted by molar-refractivity contribution is -0.277. The summed E-state index contributed by atoms with van der Waals surface area (Å²) in [4.78, 5) is 3.15. The van der Waals surface area contributed by atoms with Gasteiger partial charge in [0.1, 0.15) is 30.2 Å². The van der Waals surface area contributed by atoms with Crippen LogP contribution in [0.2, 0.25) is 0 Å². The summed E-state index contributed by atoms with van der Waals surface area (Å²) in [5.41, 5.74) is 1.95. The summed E-state index contributed by atoms with van der Waals surface area (Å²) in [5, 5.41) is 39.8. The van der Waals surface area contributed by atoms with Crippen molar-refractivity contribution in [2.45, 2.75) is 44.1 Å². The fourth-order valence-corrected chi connectivity index (χ4v) is 2.89. The summed E-state index contributed by atoms with van der Waals surface area (Å²) in [5.74, 6) is 0.505. The topological polar surface area (TPSA) is 115 Å². The van der Waals surface area contributed by atoms with Crippen molar-refractivity contribution >= 4 is 10.9 Å². The minimum Gasteiger partial charge on any atom is -0.461 e. The molecular formula is C16H21NO6. The quantitative estimate of drug-likeness (QED) is 0.537. The van der Waals surface area contributed by atoms with Crippen molar-refractivity contribution in [3.8, 4) is 5.75 Å². The molecule has 1 aliphatic rings. The van der Waals surface area contributed by atoms with E-state index in [0.717, 1.165) is 22.9 Å². The van der Waals surface area contributed by atoms with E-state index in [4.69, 9.17) is 9.47 Å². The number of fused-ring (bicyclic) bond motifs is 1. The largest absolute Gasteiger partial charge is 0.461 e. The Kier molecular flexibility index (Phi) is 4.56. The van der Waals surface area contributed by atoms with Crippen LogP contribution in [-0.4, -0.2) is 62.7 Å². The molecule has 1 saturated heterocycles. The Hall–Kier alpha value is -1.64. The fraction of sp³-hybridized carbons (Fsp3) is 0.500. The van der Waals surface area contributed by atoms with Crippen molar-refractivity contribution in [2.75, 3.05) is 6.61 Å². The van der Waals surface area contributed by atoms with Crippen molar-refractivity contribution < 1.29 is 29.9 Å². The Morgan fingerprint density at radius 1 is 1.17 bits per heavy atom. The zero-order chi connectivity index (χ0) is 16.6. The molecule has 1 aromatic heterocycles. The lowest BCUT2D eigenvalue weighted by Crippen LogP contribution is -2.60. The zero-order valence-corrected chi connectivity index (χ0v) is 12.7. The molecule has 0 radical (unpaired) electrons. The molecule has 7 nitrogen and oxygen atoms in total. The minimum atomic E-state index is -1.46. The second-order valence-electron chi connectivity index (χ2n) is 5.66. The van der Waals surface area contributed by atoms with Gasteiger partial charge < -0.3 is 34.9 Å². The lowest BCUT2D eigenvalue weighted by Gasteiger charge is -2.39. The SMILES string of the molecule is CCc1c[nH]c2cccc(OC3OC(CO)C(O)C(O)C3O)c12. The summed E-state index contributed by atoms with van der Waals surface area (Å²) in [6, 6.07) is 5.46. The highest BCUT2D eigenvalue weighted by Gasteiger charge is 2.44.